The van der Waals surface area contributed by atoms with Crippen molar-refractivity contribution < 1.29 is 14.4 Å². The first-order valence-corrected chi connectivity index (χ1v) is 4.90. The van der Waals surface area contributed by atoms with E-state index in [1.54, 1.807) is 0 Å². The summed E-state index contributed by atoms with van der Waals surface area (Å²) in [6.07, 6.45) is 4.23. The van der Waals surface area contributed by atoms with E-state index in [-0.39, 0.29) is 6.04 Å². The van der Waals surface area contributed by atoms with Gasteiger partial charge in [-0.25, -0.2) is 0 Å². The van der Waals surface area contributed by atoms with Crippen molar-refractivity contribution in [2.24, 2.45) is 0 Å². The summed E-state index contributed by atoms with van der Waals surface area (Å²) in [5, 5.41) is 14.8. The topological polar surface area (TPSA) is 83.3 Å². The third-order valence-electron chi connectivity index (χ3n) is 2.46. The van der Waals surface area contributed by atoms with E-state index in [1.165, 1.54) is 6.42 Å². The summed E-state index contributed by atoms with van der Waals surface area (Å²) in [5.74, 6) is 0.462. The van der Waals surface area contributed by atoms with E-state index in [4.69, 9.17) is 15.3 Å². The van der Waals surface area contributed by atoms with Crippen LogP contribution in [0.25, 0.3) is 0 Å². The Hall–Kier alpha value is -1.17. The average Bonchev–Trinajstić information content (AvgIpc) is 2.01. The van der Waals surface area contributed by atoms with E-state index < -0.39 is 5.09 Å². The monoisotopic (exact) mass is 218 g/mol. The third kappa shape index (κ3) is 6.01. The van der Waals surface area contributed by atoms with E-state index in [2.05, 4.69) is 21.1 Å². The Morgan fingerprint density at radius 2 is 1.73 bits per heavy atom. The SMILES string of the molecule is C[N+](C)(C)C1CCCCC1=O.O=[N+]([O-])[O-]. The molecule has 0 aromatic carbocycles. The minimum absolute atomic E-state index is 0.267. The summed E-state index contributed by atoms with van der Waals surface area (Å²) in [7, 11) is 6.32. The lowest BCUT2D eigenvalue weighted by atomic mass is 9.92. The van der Waals surface area contributed by atoms with E-state index in [0.29, 0.717) is 5.78 Å². The number of hydrogen-bond acceptors (Lipinski definition) is 4. The Morgan fingerprint density at radius 1 is 1.27 bits per heavy atom. The van der Waals surface area contributed by atoms with Gasteiger partial charge in [-0.05, 0) is 12.8 Å². The van der Waals surface area contributed by atoms with Crippen LogP contribution in [0, 0.1) is 15.3 Å². The number of likely N-dealkylation sites (N-methyl/N-ethyl adjacent to an activating group) is 1. The summed E-state index contributed by atoms with van der Waals surface area (Å²) < 4.78 is 0.804. The van der Waals surface area contributed by atoms with Crippen LogP contribution in [0.4, 0.5) is 0 Å². The van der Waals surface area contributed by atoms with Crippen LogP contribution in [-0.4, -0.2) is 42.5 Å². The van der Waals surface area contributed by atoms with Crippen LogP contribution in [0.1, 0.15) is 25.7 Å². The molecule has 0 aliphatic heterocycles. The molecule has 0 bridgehead atoms. The summed E-state index contributed by atoms with van der Waals surface area (Å²) in [6, 6.07) is 0.267. The lowest BCUT2D eigenvalue weighted by molar-refractivity contribution is -0.887. The van der Waals surface area contributed by atoms with Crippen molar-refractivity contribution in [3.63, 3.8) is 0 Å². The summed E-state index contributed by atoms with van der Waals surface area (Å²) in [6.45, 7) is 0. The normalized spacial score (nSPS) is 21.5. The maximum Gasteiger partial charge on any atom is 0.189 e. The molecule has 0 N–H and O–H groups in total. The van der Waals surface area contributed by atoms with Crippen LogP contribution in [0.2, 0.25) is 0 Å². The zero-order valence-electron chi connectivity index (χ0n) is 9.43. The minimum Gasteiger partial charge on any atom is -0.356 e. The second kappa shape index (κ2) is 5.65. The second-order valence-electron chi connectivity index (χ2n) is 4.57. The predicted molar refractivity (Wildman–Crippen MR) is 55.7 cm³/mol. The first-order valence-electron chi connectivity index (χ1n) is 4.90. The van der Waals surface area contributed by atoms with Crippen LogP contribution in [0.15, 0.2) is 0 Å². The van der Waals surface area contributed by atoms with Crippen molar-refractivity contribution in [3.05, 3.63) is 15.3 Å². The Balaban J connectivity index is 0.000000423. The van der Waals surface area contributed by atoms with Gasteiger partial charge in [0.2, 0.25) is 0 Å². The van der Waals surface area contributed by atoms with Crippen LogP contribution >= 0.6 is 0 Å². The number of Topliss-reactive ketones (excluding diaryl/α,β-unsaturated/α-hetero) is 1. The Bertz CT molecular complexity index is 231. The van der Waals surface area contributed by atoms with Crippen molar-refractivity contribution >= 4 is 5.78 Å². The van der Waals surface area contributed by atoms with Gasteiger partial charge in [-0.2, -0.15) is 0 Å². The van der Waals surface area contributed by atoms with Gasteiger partial charge in [-0.15, -0.1) is 0 Å². The first kappa shape index (κ1) is 13.8. The molecule has 1 unspecified atom stereocenters. The fraction of sp³-hybridized carbons (Fsp3) is 0.889. The molecule has 1 fully saturated rings. The number of ketones is 1. The zero-order valence-corrected chi connectivity index (χ0v) is 9.43. The van der Waals surface area contributed by atoms with Gasteiger partial charge >= 0.3 is 0 Å². The summed E-state index contributed by atoms with van der Waals surface area (Å²) in [5.41, 5.74) is 0. The number of carbonyl (C=O) groups excluding carboxylic acids is 1. The van der Waals surface area contributed by atoms with E-state index in [0.717, 1.165) is 23.7 Å². The highest BCUT2D eigenvalue weighted by molar-refractivity contribution is 5.83. The van der Waals surface area contributed by atoms with E-state index in [9.17, 15) is 4.79 Å². The van der Waals surface area contributed by atoms with Crippen molar-refractivity contribution in [3.8, 4) is 0 Å². The van der Waals surface area contributed by atoms with Gasteiger partial charge in [0.25, 0.3) is 0 Å². The van der Waals surface area contributed by atoms with Crippen molar-refractivity contribution in [1.29, 1.82) is 0 Å². The lowest BCUT2D eigenvalue weighted by Crippen LogP contribution is -2.50. The molecule has 15 heavy (non-hydrogen) atoms. The molecule has 6 nitrogen and oxygen atoms in total. The number of rotatable bonds is 1. The zero-order chi connectivity index (χ0) is 12.1. The summed E-state index contributed by atoms with van der Waals surface area (Å²) >= 11 is 0. The Labute approximate surface area is 89.2 Å². The molecule has 1 aliphatic rings. The molecule has 6 heteroatoms. The van der Waals surface area contributed by atoms with Gasteiger partial charge in [0, 0.05) is 12.8 Å². The number of carbonyl (C=O) groups is 1. The highest BCUT2D eigenvalue weighted by atomic mass is 16.9. The maximum absolute atomic E-state index is 11.4. The number of quaternary nitrogens is 1. The van der Waals surface area contributed by atoms with Gasteiger partial charge in [0.1, 0.15) is 6.04 Å². The maximum atomic E-state index is 11.4. The van der Waals surface area contributed by atoms with Gasteiger partial charge in [0.15, 0.2) is 5.78 Å². The smallest absolute Gasteiger partial charge is 0.189 e. The lowest BCUT2D eigenvalue weighted by Gasteiger charge is -2.35. The second-order valence-corrected chi connectivity index (χ2v) is 4.57. The van der Waals surface area contributed by atoms with Crippen molar-refractivity contribution in [1.82, 2.24) is 0 Å². The highest BCUT2D eigenvalue weighted by Gasteiger charge is 2.32. The van der Waals surface area contributed by atoms with Gasteiger partial charge in [-0.3, -0.25) is 4.79 Å². The highest BCUT2D eigenvalue weighted by Crippen LogP contribution is 2.20. The quantitative estimate of drug-likeness (QED) is 0.373. The summed E-state index contributed by atoms with van der Waals surface area (Å²) in [4.78, 5) is 19.7. The van der Waals surface area contributed by atoms with Gasteiger partial charge < -0.3 is 19.8 Å². The standard InChI is InChI=1S/C9H18NO.NO3/c1-10(2,3)8-6-4-5-7-9(8)11;2-1(3)4/h8H,4-7H2,1-3H3;/q+1;-1. The largest absolute Gasteiger partial charge is 0.356 e. The number of nitrogens with zero attached hydrogens (tertiary/aromatic N) is 2. The molecule has 1 rings (SSSR count). The number of hydrogen-bond donors (Lipinski definition) is 0. The molecular weight excluding hydrogens is 200 g/mol. The molecule has 0 amide bonds. The fourth-order valence-electron chi connectivity index (χ4n) is 1.78. The Morgan fingerprint density at radius 3 is 2.00 bits per heavy atom. The molecule has 0 saturated heterocycles. The van der Waals surface area contributed by atoms with E-state index in [1.807, 2.05) is 0 Å². The Kier molecular flexibility index (Phi) is 5.21. The molecule has 88 valence electrons. The van der Waals surface area contributed by atoms with Gasteiger partial charge in [0.05, 0.1) is 26.2 Å². The van der Waals surface area contributed by atoms with Crippen LogP contribution in [0.5, 0.6) is 0 Å². The van der Waals surface area contributed by atoms with Crippen LogP contribution in [0.3, 0.4) is 0 Å². The molecule has 1 saturated carbocycles. The molecule has 0 aromatic heterocycles. The van der Waals surface area contributed by atoms with E-state index >= 15 is 0 Å². The van der Waals surface area contributed by atoms with Crippen molar-refractivity contribution in [2.45, 2.75) is 31.7 Å². The molecule has 1 aliphatic carbocycles. The fourth-order valence-corrected chi connectivity index (χ4v) is 1.78. The third-order valence-corrected chi connectivity index (χ3v) is 2.46. The molecule has 0 spiro atoms. The molecular formula is C9H18N2O4. The van der Waals surface area contributed by atoms with Crippen molar-refractivity contribution in [2.75, 3.05) is 21.1 Å². The minimum atomic E-state index is -1.75. The molecule has 0 heterocycles. The predicted octanol–water partition coefficient (Wildman–Crippen LogP) is 0.965. The van der Waals surface area contributed by atoms with Crippen LogP contribution in [-0.2, 0) is 4.79 Å². The van der Waals surface area contributed by atoms with Gasteiger partial charge in [-0.1, -0.05) is 0 Å². The average molecular weight is 218 g/mol. The van der Waals surface area contributed by atoms with Crippen LogP contribution < -0.4 is 0 Å². The molecule has 0 aromatic rings. The molecule has 0 radical (unpaired) electrons. The first-order chi connectivity index (χ1) is 6.75. The molecule has 1 atom stereocenters.